The first kappa shape index (κ1) is 10.6. The summed E-state index contributed by atoms with van der Waals surface area (Å²) in [4.78, 5) is 12.0. The van der Waals surface area contributed by atoms with Crippen molar-refractivity contribution >= 4 is 0 Å². The monoisotopic (exact) mass is 213 g/mol. The smallest absolute Gasteiger partial charge is 0.267 e. The number of aryl methyl sites for hydroxylation is 2. The number of nitrogens with zero attached hydrogens (tertiary/aromatic N) is 2. The molecule has 0 fully saturated rings. The predicted octanol–water partition coefficient (Wildman–Crippen LogP) is 2.04. The van der Waals surface area contributed by atoms with Crippen LogP contribution >= 0.6 is 0 Å². The van der Waals surface area contributed by atoms with Crippen molar-refractivity contribution in [3.8, 4) is 11.1 Å². The van der Waals surface area contributed by atoms with E-state index in [-0.39, 0.29) is 5.56 Å². The molecular weight excluding hydrogens is 200 g/mol. The van der Waals surface area contributed by atoms with Crippen molar-refractivity contribution in [2.75, 3.05) is 0 Å². The molecule has 1 heterocycles. The first-order valence-corrected chi connectivity index (χ1v) is 5.27. The molecule has 0 amide bonds. The van der Waals surface area contributed by atoms with Gasteiger partial charge < -0.3 is 0 Å². The highest BCUT2D eigenvalue weighted by Gasteiger charge is 2.05. The van der Waals surface area contributed by atoms with Crippen LogP contribution in [0.2, 0.25) is 0 Å². The second kappa shape index (κ2) is 4.31. The van der Waals surface area contributed by atoms with E-state index in [4.69, 9.17) is 0 Å². The van der Waals surface area contributed by atoms with Crippen molar-refractivity contribution in [1.82, 2.24) is 9.78 Å². The van der Waals surface area contributed by atoms with Crippen molar-refractivity contribution < 1.29 is 0 Å². The number of aromatic nitrogens is 2. The summed E-state index contributed by atoms with van der Waals surface area (Å²) in [6, 6.07) is 10.6. The summed E-state index contributed by atoms with van der Waals surface area (Å²) in [6.45, 7) is 4.46. The molecule has 0 saturated carbocycles. The summed E-state index contributed by atoms with van der Waals surface area (Å²) in [6.07, 6.45) is 1.65. The van der Waals surface area contributed by atoms with Gasteiger partial charge in [-0.25, -0.2) is 4.68 Å². The minimum Gasteiger partial charge on any atom is -0.267 e. The summed E-state index contributed by atoms with van der Waals surface area (Å²) in [5.41, 5.74) is 2.57. The van der Waals surface area contributed by atoms with Gasteiger partial charge >= 0.3 is 0 Å². The fourth-order valence-corrected chi connectivity index (χ4v) is 1.57. The molecule has 2 rings (SSSR count). The fourth-order valence-electron chi connectivity index (χ4n) is 1.57. The molecule has 0 saturated heterocycles. The molecule has 0 unspecified atom stereocenters. The average molecular weight is 213 g/mol. The Hall–Kier alpha value is -1.90. The van der Waals surface area contributed by atoms with Crippen LogP contribution in [0.4, 0.5) is 0 Å². The van der Waals surface area contributed by atoms with Gasteiger partial charge in [-0.1, -0.05) is 12.1 Å². The van der Waals surface area contributed by atoms with Crippen LogP contribution in [0.5, 0.6) is 0 Å². The molecule has 0 atom stereocenters. The van der Waals surface area contributed by atoms with Crippen molar-refractivity contribution in [2.45, 2.75) is 20.4 Å². The van der Waals surface area contributed by atoms with Gasteiger partial charge in [-0.15, -0.1) is 0 Å². The highest BCUT2D eigenvalue weighted by Crippen LogP contribution is 2.14. The standard InChI is InChI=1S/C13H13N2O/c1-3-15-13(16)12(8-9-14-15)11-6-4-10(2)5-7-11/h4,6-9H,3H2,1-2H3. The van der Waals surface area contributed by atoms with E-state index in [1.165, 1.54) is 4.68 Å². The summed E-state index contributed by atoms with van der Waals surface area (Å²) in [7, 11) is 0. The maximum absolute atomic E-state index is 12.0. The van der Waals surface area contributed by atoms with E-state index in [9.17, 15) is 4.79 Å². The molecule has 0 N–H and O–H groups in total. The molecule has 0 aliphatic carbocycles. The quantitative estimate of drug-likeness (QED) is 0.765. The molecule has 81 valence electrons. The van der Waals surface area contributed by atoms with E-state index >= 15 is 0 Å². The molecular formula is C13H13N2O. The molecule has 3 nitrogen and oxygen atoms in total. The number of hydrogen-bond acceptors (Lipinski definition) is 2. The molecule has 1 radical (unpaired) electrons. The Labute approximate surface area is 94.4 Å². The zero-order chi connectivity index (χ0) is 11.5. The third-order valence-electron chi connectivity index (χ3n) is 2.49. The molecule has 1 aromatic heterocycles. The Morgan fingerprint density at radius 3 is 2.81 bits per heavy atom. The maximum atomic E-state index is 12.0. The van der Waals surface area contributed by atoms with Crippen LogP contribution in [0, 0.1) is 13.0 Å². The zero-order valence-corrected chi connectivity index (χ0v) is 9.40. The molecule has 16 heavy (non-hydrogen) atoms. The van der Waals surface area contributed by atoms with Crippen LogP contribution in [-0.4, -0.2) is 9.78 Å². The van der Waals surface area contributed by atoms with E-state index < -0.39 is 0 Å². The van der Waals surface area contributed by atoms with E-state index in [0.29, 0.717) is 12.1 Å². The lowest BCUT2D eigenvalue weighted by Gasteiger charge is -2.04. The largest absolute Gasteiger partial charge is 0.274 e. The lowest BCUT2D eigenvalue weighted by Crippen LogP contribution is -2.22. The number of rotatable bonds is 2. The van der Waals surface area contributed by atoms with Crippen molar-refractivity contribution in [1.29, 1.82) is 0 Å². The van der Waals surface area contributed by atoms with Gasteiger partial charge in [-0.3, -0.25) is 4.79 Å². The van der Waals surface area contributed by atoms with E-state index in [0.717, 1.165) is 11.1 Å². The summed E-state index contributed by atoms with van der Waals surface area (Å²) < 4.78 is 1.45. The third kappa shape index (κ3) is 1.89. The minimum atomic E-state index is -0.0535. The number of hydrogen-bond donors (Lipinski definition) is 0. The molecule has 2 aromatic rings. The van der Waals surface area contributed by atoms with Crippen LogP contribution in [0.15, 0.2) is 35.3 Å². The lowest BCUT2D eigenvalue weighted by atomic mass is 10.1. The molecule has 3 heteroatoms. The van der Waals surface area contributed by atoms with Crippen molar-refractivity contribution in [3.05, 3.63) is 52.4 Å². The van der Waals surface area contributed by atoms with E-state index in [2.05, 4.69) is 11.2 Å². The van der Waals surface area contributed by atoms with Crippen molar-refractivity contribution in [2.24, 2.45) is 0 Å². The molecule has 0 spiro atoms. The second-order valence-corrected chi connectivity index (χ2v) is 3.63. The van der Waals surface area contributed by atoms with Gasteiger partial charge in [-0.05, 0) is 43.2 Å². The highest BCUT2D eigenvalue weighted by molar-refractivity contribution is 5.61. The van der Waals surface area contributed by atoms with Crippen molar-refractivity contribution in [3.63, 3.8) is 0 Å². The molecule has 0 bridgehead atoms. The van der Waals surface area contributed by atoms with Gasteiger partial charge in [0.15, 0.2) is 0 Å². The van der Waals surface area contributed by atoms with Gasteiger partial charge in [0, 0.05) is 12.7 Å². The van der Waals surface area contributed by atoms with Crippen LogP contribution in [0.3, 0.4) is 0 Å². The van der Waals surface area contributed by atoms with Gasteiger partial charge in [-0.2, -0.15) is 5.10 Å². The van der Waals surface area contributed by atoms with Gasteiger partial charge in [0.2, 0.25) is 0 Å². The van der Waals surface area contributed by atoms with Crippen LogP contribution in [0.1, 0.15) is 12.5 Å². The Kier molecular flexibility index (Phi) is 2.86. The topological polar surface area (TPSA) is 34.9 Å². The Morgan fingerprint density at radius 2 is 2.19 bits per heavy atom. The summed E-state index contributed by atoms with van der Waals surface area (Å²) in [5, 5.41) is 3.99. The van der Waals surface area contributed by atoms with Gasteiger partial charge in [0.05, 0.1) is 5.56 Å². The first-order chi connectivity index (χ1) is 7.72. The number of benzene rings is 1. The minimum absolute atomic E-state index is 0.0535. The first-order valence-electron chi connectivity index (χ1n) is 5.27. The van der Waals surface area contributed by atoms with Gasteiger partial charge in [0.1, 0.15) is 0 Å². The highest BCUT2D eigenvalue weighted by atomic mass is 16.1. The SMILES string of the molecule is CCn1nccc(-c2c[c]c(C)cc2)c1=O. The molecule has 0 aliphatic heterocycles. The third-order valence-corrected chi connectivity index (χ3v) is 2.49. The van der Waals surface area contributed by atoms with Crippen LogP contribution in [-0.2, 0) is 6.54 Å². The maximum Gasteiger partial charge on any atom is 0.274 e. The van der Waals surface area contributed by atoms with E-state index in [1.54, 1.807) is 12.3 Å². The molecule has 1 aromatic carbocycles. The van der Waals surface area contributed by atoms with Crippen LogP contribution in [0.25, 0.3) is 11.1 Å². The Morgan fingerprint density at radius 1 is 1.38 bits per heavy atom. The Bertz CT molecular complexity index is 541. The molecule has 0 aliphatic rings. The average Bonchev–Trinajstić information content (AvgIpc) is 2.31. The van der Waals surface area contributed by atoms with Gasteiger partial charge in [0.25, 0.3) is 5.56 Å². The normalized spacial score (nSPS) is 10.4. The van der Waals surface area contributed by atoms with Crippen LogP contribution < -0.4 is 5.56 Å². The lowest BCUT2D eigenvalue weighted by molar-refractivity contribution is 0.617. The summed E-state index contributed by atoms with van der Waals surface area (Å²) >= 11 is 0. The van der Waals surface area contributed by atoms with E-state index in [1.807, 2.05) is 32.0 Å². The fraction of sp³-hybridized carbons (Fsp3) is 0.231. The summed E-state index contributed by atoms with van der Waals surface area (Å²) in [5.74, 6) is 0. The Balaban J connectivity index is 2.56. The second-order valence-electron chi connectivity index (χ2n) is 3.63. The predicted molar refractivity (Wildman–Crippen MR) is 63.2 cm³/mol. The zero-order valence-electron chi connectivity index (χ0n) is 9.40.